The molecular weight excluding hydrogens is 234 g/mol. The van der Waals surface area contributed by atoms with Crippen molar-refractivity contribution < 1.29 is 4.79 Å². The summed E-state index contributed by atoms with van der Waals surface area (Å²) in [5.74, 6) is -0.278. The monoisotopic (exact) mass is 251 g/mol. The molecule has 0 aliphatic rings. The fourth-order valence-corrected chi connectivity index (χ4v) is 2.06. The number of carbonyl (C=O) groups excluding carboxylic acids is 1. The van der Waals surface area contributed by atoms with Crippen molar-refractivity contribution in [3.63, 3.8) is 0 Å². The molecule has 0 heterocycles. The number of hydrogen-bond donors (Lipinski definition) is 1. The minimum Gasteiger partial charge on any atom is -0.352 e. The van der Waals surface area contributed by atoms with Crippen LogP contribution in [-0.4, -0.2) is 12.5 Å². The Kier molecular flexibility index (Phi) is 4.51. The van der Waals surface area contributed by atoms with Gasteiger partial charge in [-0.1, -0.05) is 66.7 Å². The van der Waals surface area contributed by atoms with Crippen LogP contribution < -0.4 is 5.32 Å². The van der Waals surface area contributed by atoms with E-state index < -0.39 is 0 Å². The lowest BCUT2D eigenvalue weighted by molar-refractivity contribution is -0.121. The highest BCUT2D eigenvalue weighted by Crippen LogP contribution is 2.24. The Labute approximate surface area is 113 Å². The molecule has 2 rings (SSSR count). The normalized spacial score (nSPS) is 10.2. The summed E-state index contributed by atoms with van der Waals surface area (Å²) in [6, 6.07) is 19.6. The van der Waals surface area contributed by atoms with E-state index >= 15 is 0 Å². The third-order valence-electron chi connectivity index (χ3n) is 2.95. The molecule has 2 nitrogen and oxygen atoms in total. The average Bonchev–Trinajstić information content (AvgIpc) is 2.47. The molecule has 0 fully saturated rings. The Balaban J connectivity index is 2.34. The summed E-state index contributed by atoms with van der Waals surface area (Å²) in [6.07, 6.45) is 1.69. The van der Waals surface area contributed by atoms with Crippen molar-refractivity contribution in [3.05, 3.63) is 84.4 Å². The van der Waals surface area contributed by atoms with Gasteiger partial charge in [-0.2, -0.15) is 0 Å². The second-order valence-corrected chi connectivity index (χ2v) is 4.29. The van der Waals surface area contributed by atoms with E-state index in [9.17, 15) is 4.79 Å². The SMILES string of the molecule is C=CCNC(=O)C(c1ccccc1)c1ccccc1. The first-order valence-corrected chi connectivity index (χ1v) is 6.31. The molecule has 0 atom stereocenters. The molecule has 1 amide bonds. The van der Waals surface area contributed by atoms with Gasteiger partial charge in [-0.15, -0.1) is 6.58 Å². The lowest BCUT2D eigenvalue weighted by atomic mass is 9.90. The molecule has 2 aromatic carbocycles. The number of rotatable bonds is 5. The molecule has 0 radical (unpaired) electrons. The van der Waals surface area contributed by atoms with E-state index in [1.807, 2.05) is 60.7 Å². The summed E-state index contributed by atoms with van der Waals surface area (Å²) in [6.45, 7) is 4.10. The van der Waals surface area contributed by atoms with Gasteiger partial charge in [0.25, 0.3) is 0 Å². The van der Waals surface area contributed by atoms with Crippen LogP contribution in [0.3, 0.4) is 0 Å². The highest BCUT2D eigenvalue weighted by atomic mass is 16.1. The summed E-state index contributed by atoms with van der Waals surface area (Å²) in [5, 5.41) is 2.87. The van der Waals surface area contributed by atoms with Crippen LogP contribution in [0.15, 0.2) is 73.3 Å². The number of amides is 1. The van der Waals surface area contributed by atoms with Gasteiger partial charge >= 0.3 is 0 Å². The molecule has 0 spiro atoms. The standard InChI is InChI=1S/C17H17NO/c1-2-13-18-17(19)16(14-9-5-3-6-10-14)15-11-7-4-8-12-15/h2-12,16H,1,13H2,(H,18,19). The number of nitrogens with one attached hydrogen (secondary N) is 1. The fourth-order valence-electron chi connectivity index (χ4n) is 2.06. The topological polar surface area (TPSA) is 29.1 Å². The van der Waals surface area contributed by atoms with E-state index in [0.717, 1.165) is 11.1 Å². The van der Waals surface area contributed by atoms with E-state index in [1.165, 1.54) is 0 Å². The van der Waals surface area contributed by atoms with E-state index in [1.54, 1.807) is 6.08 Å². The molecule has 2 aromatic rings. The van der Waals surface area contributed by atoms with Gasteiger partial charge in [-0.25, -0.2) is 0 Å². The lowest BCUT2D eigenvalue weighted by Gasteiger charge is -2.17. The smallest absolute Gasteiger partial charge is 0.232 e. The van der Waals surface area contributed by atoms with Crippen LogP contribution in [0, 0.1) is 0 Å². The Hall–Kier alpha value is -2.35. The largest absolute Gasteiger partial charge is 0.352 e. The van der Waals surface area contributed by atoms with Gasteiger partial charge in [0.1, 0.15) is 0 Å². The molecule has 0 aliphatic carbocycles. The highest BCUT2D eigenvalue weighted by molar-refractivity contribution is 5.87. The second-order valence-electron chi connectivity index (χ2n) is 4.29. The van der Waals surface area contributed by atoms with Crippen molar-refractivity contribution >= 4 is 5.91 Å². The first-order valence-electron chi connectivity index (χ1n) is 6.31. The lowest BCUT2D eigenvalue weighted by Crippen LogP contribution is -2.30. The first kappa shape index (κ1) is 13.1. The molecule has 0 aromatic heterocycles. The minimum absolute atomic E-state index is 0.00250. The molecule has 96 valence electrons. The van der Waals surface area contributed by atoms with E-state index in [-0.39, 0.29) is 11.8 Å². The van der Waals surface area contributed by atoms with Gasteiger partial charge in [0.15, 0.2) is 0 Å². The Morgan fingerprint density at radius 3 is 1.89 bits per heavy atom. The van der Waals surface area contributed by atoms with E-state index in [2.05, 4.69) is 11.9 Å². The molecule has 2 heteroatoms. The zero-order chi connectivity index (χ0) is 13.5. The quantitative estimate of drug-likeness (QED) is 0.813. The van der Waals surface area contributed by atoms with E-state index in [0.29, 0.717) is 6.54 Å². The summed E-state index contributed by atoms with van der Waals surface area (Å²) in [4.78, 5) is 12.3. The van der Waals surface area contributed by atoms with Gasteiger partial charge in [0.05, 0.1) is 5.92 Å². The molecule has 0 saturated carbocycles. The summed E-state index contributed by atoms with van der Waals surface area (Å²) < 4.78 is 0. The molecule has 0 unspecified atom stereocenters. The maximum absolute atomic E-state index is 12.3. The summed E-state index contributed by atoms with van der Waals surface area (Å²) in [7, 11) is 0. The molecule has 0 saturated heterocycles. The predicted octanol–water partition coefficient (Wildman–Crippen LogP) is 3.12. The Morgan fingerprint density at radius 1 is 1.00 bits per heavy atom. The van der Waals surface area contributed by atoms with Crippen molar-refractivity contribution in [2.24, 2.45) is 0 Å². The zero-order valence-electron chi connectivity index (χ0n) is 10.8. The van der Waals surface area contributed by atoms with Crippen molar-refractivity contribution in [3.8, 4) is 0 Å². The number of benzene rings is 2. The van der Waals surface area contributed by atoms with Gasteiger partial charge < -0.3 is 5.32 Å². The zero-order valence-corrected chi connectivity index (χ0v) is 10.8. The van der Waals surface area contributed by atoms with Crippen LogP contribution in [-0.2, 0) is 4.79 Å². The molecular formula is C17H17NO. The second kappa shape index (κ2) is 6.55. The van der Waals surface area contributed by atoms with Crippen LogP contribution in [0.5, 0.6) is 0 Å². The van der Waals surface area contributed by atoms with E-state index in [4.69, 9.17) is 0 Å². The van der Waals surface area contributed by atoms with Crippen LogP contribution in [0.2, 0.25) is 0 Å². The van der Waals surface area contributed by atoms with Gasteiger partial charge in [0, 0.05) is 6.54 Å². The van der Waals surface area contributed by atoms with Crippen molar-refractivity contribution in [2.75, 3.05) is 6.54 Å². The summed E-state index contributed by atoms with van der Waals surface area (Å²) >= 11 is 0. The third-order valence-corrected chi connectivity index (χ3v) is 2.95. The Bertz CT molecular complexity index is 494. The minimum atomic E-state index is -0.276. The first-order chi connectivity index (χ1) is 9.33. The maximum Gasteiger partial charge on any atom is 0.232 e. The molecule has 0 bridgehead atoms. The van der Waals surface area contributed by atoms with Crippen molar-refractivity contribution in [2.45, 2.75) is 5.92 Å². The predicted molar refractivity (Wildman–Crippen MR) is 77.9 cm³/mol. The molecule has 1 N–H and O–H groups in total. The highest BCUT2D eigenvalue weighted by Gasteiger charge is 2.21. The number of carbonyl (C=O) groups is 1. The van der Waals surface area contributed by atoms with Crippen LogP contribution in [0.4, 0.5) is 0 Å². The third kappa shape index (κ3) is 3.32. The van der Waals surface area contributed by atoms with Crippen molar-refractivity contribution in [1.29, 1.82) is 0 Å². The molecule has 0 aliphatic heterocycles. The summed E-state index contributed by atoms with van der Waals surface area (Å²) in [5.41, 5.74) is 1.99. The molecule has 19 heavy (non-hydrogen) atoms. The van der Waals surface area contributed by atoms with Gasteiger partial charge in [0.2, 0.25) is 5.91 Å². The van der Waals surface area contributed by atoms with Gasteiger partial charge in [-0.3, -0.25) is 4.79 Å². The van der Waals surface area contributed by atoms with Gasteiger partial charge in [-0.05, 0) is 11.1 Å². The van der Waals surface area contributed by atoms with Crippen LogP contribution in [0.25, 0.3) is 0 Å². The van der Waals surface area contributed by atoms with Crippen molar-refractivity contribution in [1.82, 2.24) is 5.32 Å². The average molecular weight is 251 g/mol. The van der Waals surface area contributed by atoms with Crippen LogP contribution in [0.1, 0.15) is 17.0 Å². The fraction of sp³-hybridized carbons (Fsp3) is 0.118. The Morgan fingerprint density at radius 2 is 1.47 bits per heavy atom. The maximum atomic E-state index is 12.3. The number of hydrogen-bond acceptors (Lipinski definition) is 1. The van der Waals surface area contributed by atoms with Crippen LogP contribution >= 0.6 is 0 Å².